The molecule has 27 heavy (non-hydrogen) atoms. The van der Waals surface area contributed by atoms with Gasteiger partial charge in [-0.15, -0.1) is 0 Å². The Bertz CT molecular complexity index is 904. The lowest BCUT2D eigenvalue weighted by Gasteiger charge is -2.20. The Balaban J connectivity index is 1.84. The molecule has 3 aromatic rings. The standard InChI is InChI=1S/C23H22ClNO2/c1-16-6-8-17(9-7-16)22(25-20-5-3-4-19(24)14-20)15-23(26)18-10-12-21(27-2)13-11-18/h3-14,22,25H,15H2,1-2H3. The number of ketones is 1. The number of carbonyl (C=O) groups excluding carboxylic acids is 1. The van der Waals surface area contributed by atoms with E-state index in [2.05, 4.69) is 29.6 Å². The van der Waals surface area contributed by atoms with Crippen LogP contribution in [0.1, 0.15) is 33.9 Å². The molecule has 0 radical (unpaired) electrons. The van der Waals surface area contributed by atoms with Crippen LogP contribution in [-0.4, -0.2) is 12.9 Å². The highest BCUT2D eigenvalue weighted by Gasteiger charge is 2.17. The zero-order valence-corrected chi connectivity index (χ0v) is 16.2. The molecule has 0 aliphatic rings. The minimum atomic E-state index is -0.154. The fourth-order valence-electron chi connectivity index (χ4n) is 2.91. The van der Waals surface area contributed by atoms with Gasteiger partial charge in [-0.2, -0.15) is 0 Å². The van der Waals surface area contributed by atoms with E-state index in [1.54, 1.807) is 31.4 Å². The van der Waals surface area contributed by atoms with E-state index in [-0.39, 0.29) is 11.8 Å². The molecule has 0 bridgehead atoms. The van der Waals surface area contributed by atoms with Gasteiger partial charge in [-0.1, -0.05) is 47.5 Å². The molecule has 0 saturated carbocycles. The summed E-state index contributed by atoms with van der Waals surface area (Å²) in [7, 11) is 1.61. The number of nitrogens with one attached hydrogen (secondary N) is 1. The van der Waals surface area contributed by atoms with Crippen LogP contribution in [0.4, 0.5) is 5.69 Å². The molecule has 138 valence electrons. The second-order valence-electron chi connectivity index (χ2n) is 6.47. The maximum absolute atomic E-state index is 12.8. The molecule has 0 saturated heterocycles. The van der Waals surface area contributed by atoms with Crippen molar-refractivity contribution < 1.29 is 9.53 Å². The van der Waals surface area contributed by atoms with Crippen molar-refractivity contribution in [3.63, 3.8) is 0 Å². The Morgan fingerprint density at radius 3 is 2.37 bits per heavy atom. The van der Waals surface area contributed by atoms with Crippen molar-refractivity contribution in [2.24, 2.45) is 0 Å². The van der Waals surface area contributed by atoms with Gasteiger partial charge in [-0.3, -0.25) is 4.79 Å². The van der Waals surface area contributed by atoms with Gasteiger partial charge in [0.2, 0.25) is 0 Å². The largest absolute Gasteiger partial charge is 0.497 e. The Hall–Kier alpha value is -2.78. The average Bonchev–Trinajstić information content (AvgIpc) is 2.68. The number of hydrogen-bond donors (Lipinski definition) is 1. The molecule has 1 unspecified atom stereocenters. The lowest BCUT2D eigenvalue weighted by Crippen LogP contribution is -2.16. The summed E-state index contributed by atoms with van der Waals surface area (Å²) in [6, 6.07) is 22.8. The summed E-state index contributed by atoms with van der Waals surface area (Å²) in [4.78, 5) is 12.8. The second-order valence-corrected chi connectivity index (χ2v) is 6.91. The number of anilines is 1. The van der Waals surface area contributed by atoms with Crippen molar-refractivity contribution in [1.82, 2.24) is 0 Å². The summed E-state index contributed by atoms with van der Waals surface area (Å²) in [6.45, 7) is 2.05. The first-order valence-corrected chi connectivity index (χ1v) is 9.19. The fourth-order valence-corrected chi connectivity index (χ4v) is 3.10. The molecule has 0 spiro atoms. The highest BCUT2D eigenvalue weighted by Crippen LogP contribution is 2.26. The fraction of sp³-hybridized carbons (Fsp3) is 0.174. The molecule has 0 aliphatic carbocycles. The molecule has 3 aromatic carbocycles. The summed E-state index contributed by atoms with van der Waals surface area (Å²) in [5.74, 6) is 0.802. The quantitative estimate of drug-likeness (QED) is 0.505. The molecule has 0 aliphatic heterocycles. The van der Waals surface area contributed by atoms with Crippen LogP contribution in [0.2, 0.25) is 5.02 Å². The van der Waals surface area contributed by atoms with Crippen molar-refractivity contribution in [3.8, 4) is 5.75 Å². The van der Waals surface area contributed by atoms with Crippen molar-refractivity contribution in [2.45, 2.75) is 19.4 Å². The topological polar surface area (TPSA) is 38.3 Å². The second kappa shape index (κ2) is 8.74. The highest BCUT2D eigenvalue weighted by atomic mass is 35.5. The van der Waals surface area contributed by atoms with Crippen molar-refractivity contribution in [3.05, 3.63) is 94.5 Å². The molecular weight excluding hydrogens is 358 g/mol. The molecule has 4 heteroatoms. The van der Waals surface area contributed by atoms with Gasteiger partial charge in [0, 0.05) is 22.7 Å². The lowest BCUT2D eigenvalue weighted by atomic mass is 9.97. The average molecular weight is 380 g/mol. The third-order valence-corrected chi connectivity index (χ3v) is 4.68. The van der Waals surface area contributed by atoms with Gasteiger partial charge < -0.3 is 10.1 Å². The maximum atomic E-state index is 12.8. The normalized spacial score (nSPS) is 11.7. The molecule has 0 aromatic heterocycles. The van der Waals surface area contributed by atoms with Crippen LogP contribution >= 0.6 is 11.6 Å². The van der Waals surface area contributed by atoms with Crippen LogP contribution in [0.3, 0.4) is 0 Å². The van der Waals surface area contributed by atoms with E-state index < -0.39 is 0 Å². The number of carbonyl (C=O) groups is 1. The number of aryl methyl sites for hydroxylation is 1. The monoisotopic (exact) mass is 379 g/mol. The van der Waals surface area contributed by atoms with Gasteiger partial charge in [0.1, 0.15) is 5.75 Å². The van der Waals surface area contributed by atoms with E-state index in [4.69, 9.17) is 16.3 Å². The van der Waals surface area contributed by atoms with Crippen LogP contribution in [0, 0.1) is 6.92 Å². The van der Waals surface area contributed by atoms with Crippen LogP contribution in [0.5, 0.6) is 5.75 Å². The van der Waals surface area contributed by atoms with E-state index >= 15 is 0 Å². The third-order valence-electron chi connectivity index (χ3n) is 4.45. The molecule has 1 atom stereocenters. The van der Waals surface area contributed by atoms with Crippen molar-refractivity contribution in [1.29, 1.82) is 0 Å². The van der Waals surface area contributed by atoms with E-state index in [9.17, 15) is 4.79 Å². The summed E-state index contributed by atoms with van der Waals surface area (Å²) in [6.07, 6.45) is 0.335. The Morgan fingerprint density at radius 1 is 1.04 bits per heavy atom. The van der Waals surface area contributed by atoms with Crippen molar-refractivity contribution in [2.75, 3.05) is 12.4 Å². The smallest absolute Gasteiger partial charge is 0.165 e. The van der Waals surface area contributed by atoms with E-state index in [0.29, 0.717) is 17.0 Å². The van der Waals surface area contributed by atoms with E-state index in [1.807, 2.05) is 31.2 Å². The Morgan fingerprint density at radius 2 is 1.74 bits per heavy atom. The molecule has 0 heterocycles. The lowest BCUT2D eigenvalue weighted by molar-refractivity contribution is 0.0976. The first-order valence-electron chi connectivity index (χ1n) is 8.81. The highest BCUT2D eigenvalue weighted by molar-refractivity contribution is 6.30. The van der Waals surface area contributed by atoms with Crippen molar-refractivity contribution >= 4 is 23.1 Å². The van der Waals surface area contributed by atoms with E-state index in [1.165, 1.54) is 5.56 Å². The summed E-state index contributed by atoms with van der Waals surface area (Å²) < 4.78 is 5.16. The first kappa shape index (κ1) is 19.0. The summed E-state index contributed by atoms with van der Waals surface area (Å²) in [5, 5.41) is 4.11. The number of Topliss-reactive ketones (excluding diaryl/α,β-unsaturated/α-hetero) is 1. The van der Waals surface area contributed by atoms with Gasteiger partial charge in [-0.05, 0) is 55.0 Å². The maximum Gasteiger partial charge on any atom is 0.165 e. The van der Waals surface area contributed by atoms with E-state index in [0.717, 1.165) is 17.0 Å². The van der Waals surface area contributed by atoms with Crippen LogP contribution in [0.25, 0.3) is 0 Å². The predicted octanol–water partition coefficient (Wildman–Crippen LogP) is 6.08. The minimum absolute atomic E-state index is 0.0674. The first-order chi connectivity index (χ1) is 13.0. The number of methoxy groups -OCH3 is 1. The van der Waals surface area contributed by atoms with Crippen LogP contribution in [0.15, 0.2) is 72.8 Å². The predicted molar refractivity (Wildman–Crippen MR) is 111 cm³/mol. The van der Waals surface area contributed by atoms with Crippen LogP contribution < -0.4 is 10.1 Å². The number of halogens is 1. The molecule has 0 amide bonds. The van der Waals surface area contributed by atoms with Gasteiger partial charge in [0.25, 0.3) is 0 Å². The van der Waals surface area contributed by atoms with Gasteiger partial charge >= 0.3 is 0 Å². The summed E-state index contributed by atoms with van der Waals surface area (Å²) in [5.41, 5.74) is 3.79. The third kappa shape index (κ3) is 5.11. The minimum Gasteiger partial charge on any atom is -0.497 e. The number of ether oxygens (including phenoxy) is 1. The Kier molecular flexibility index (Phi) is 6.15. The molecular formula is C23H22ClNO2. The Labute approximate surface area is 164 Å². The molecule has 0 fully saturated rings. The molecule has 3 nitrogen and oxygen atoms in total. The van der Waals surface area contributed by atoms with Crippen LogP contribution in [-0.2, 0) is 0 Å². The van der Waals surface area contributed by atoms with Gasteiger partial charge in [0.15, 0.2) is 5.78 Å². The van der Waals surface area contributed by atoms with Gasteiger partial charge in [-0.25, -0.2) is 0 Å². The number of hydrogen-bond acceptors (Lipinski definition) is 3. The zero-order valence-electron chi connectivity index (χ0n) is 15.4. The van der Waals surface area contributed by atoms with Gasteiger partial charge in [0.05, 0.1) is 13.2 Å². The SMILES string of the molecule is COc1ccc(C(=O)CC(Nc2cccc(Cl)c2)c2ccc(C)cc2)cc1. The summed E-state index contributed by atoms with van der Waals surface area (Å²) >= 11 is 6.11. The number of benzene rings is 3. The molecule has 3 rings (SSSR count). The molecule has 1 N–H and O–H groups in total. The zero-order chi connectivity index (χ0) is 19.2. The number of rotatable bonds is 7.